The third kappa shape index (κ3) is 8.76. The monoisotopic (exact) mass is 358 g/mol. The maximum Gasteiger partial charge on any atom is 0.166 e. The van der Waals surface area contributed by atoms with Crippen molar-refractivity contribution in [3.63, 3.8) is 0 Å². The van der Waals surface area contributed by atoms with E-state index in [9.17, 15) is 5.11 Å². The fourth-order valence-electron chi connectivity index (χ4n) is 2.35. The lowest BCUT2D eigenvalue weighted by Gasteiger charge is -2.24. The van der Waals surface area contributed by atoms with Gasteiger partial charge in [0.1, 0.15) is 0 Å². The number of allylic oxidation sites excluding steroid dienone is 1. The van der Waals surface area contributed by atoms with Gasteiger partial charge in [-0.2, -0.15) is 0 Å². The van der Waals surface area contributed by atoms with Crippen molar-refractivity contribution in [3.8, 4) is 0 Å². The van der Waals surface area contributed by atoms with Crippen LogP contribution in [0.1, 0.15) is 57.9 Å². The Kier molecular flexibility index (Phi) is 9.89. The van der Waals surface area contributed by atoms with Crippen LogP contribution in [0.5, 0.6) is 0 Å². The van der Waals surface area contributed by atoms with Crippen molar-refractivity contribution in [1.82, 2.24) is 0 Å². The van der Waals surface area contributed by atoms with Crippen LogP contribution in [0.4, 0.5) is 0 Å². The van der Waals surface area contributed by atoms with Gasteiger partial charge in [-0.3, -0.25) is 0 Å². The van der Waals surface area contributed by atoms with Gasteiger partial charge < -0.3 is 9.84 Å². The minimum atomic E-state index is -1.27. The first-order chi connectivity index (χ1) is 11.0. The maximum atomic E-state index is 10.4. The lowest BCUT2D eigenvalue weighted by molar-refractivity contribution is -0.187. The summed E-state index contributed by atoms with van der Waals surface area (Å²) in [5.41, 5.74) is 0.715. The molecule has 0 aliphatic carbocycles. The van der Waals surface area contributed by atoms with Crippen molar-refractivity contribution in [2.24, 2.45) is 0 Å². The molecule has 0 radical (unpaired) electrons. The number of unbranched alkanes of at least 4 members (excludes halogenated alkanes) is 4. The molecule has 2 nitrogen and oxygen atoms in total. The number of aliphatic hydroxyl groups is 1. The van der Waals surface area contributed by atoms with Crippen molar-refractivity contribution in [1.29, 1.82) is 0 Å². The van der Waals surface area contributed by atoms with Gasteiger partial charge in [-0.25, -0.2) is 0 Å². The normalized spacial score (nSPS) is 14.3. The summed E-state index contributed by atoms with van der Waals surface area (Å²) in [6, 6.07) is 5.31. The molecule has 0 aliphatic heterocycles. The van der Waals surface area contributed by atoms with E-state index < -0.39 is 5.79 Å². The van der Waals surface area contributed by atoms with E-state index in [2.05, 4.69) is 19.1 Å². The van der Waals surface area contributed by atoms with Gasteiger partial charge in [-0.1, -0.05) is 67.6 Å². The van der Waals surface area contributed by atoms with Crippen LogP contribution in [0, 0.1) is 0 Å². The first kappa shape index (κ1) is 20.5. The molecule has 0 bridgehead atoms. The Labute approximate surface area is 150 Å². The van der Waals surface area contributed by atoms with Crippen LogP contribution < -0.4 is 0 Å². The molecule has 0 spiro atoms. The highest BCUT2D eigenvalue weighted by Gasteiger charge is 2.24. The number of halogens is 2. The molecule has 4 heteroatoms. The molecular formula is C19H28Cl2O2. The van der Waals surface area contributed by atoms with E-state index in [0.29, 0.717) is 22.2 Å². The van der Waals surface area contributed by atoms with Crippen LogP contribution in [0.25, 0.3) is 0 Å². The second-order valence-corrected chi connectivity index (χ2v) is 6.82. The highest BCUT2D eigenvalue weighted by Crippen LogP contribution is 2.28. The molecule has 0 saturated heterocycles. The molecule has 1 unspecified atom stereocenters. The van der Waals surface area contributed by atoms with Crippen molar-refractivity contribution in [3.05, 3.63) is 46.0 Å². The Morgan fingerprint density at radius 1 is 1.09 bits per heavy atom. The minimum absolute atomic E-state index is 0.270. The fraction of sp³-hybridized carbons (Fsp3) is 0.579. The molecule has 1 N–H and O–H groups in total. The van der Waals surface area contributed by atoms with Crippen LogP contribution in [-0.2, 0) is 11.2 Å². The molecule has 0 fully saturated rings. The molecule has 1 aromatic rings. The zero-order chi connectivity index (χ0) is 17.1. The van der Waals surface area contributed by atoms with Gasteiger partial charge in [0.05, 0.1) is 6.61 Å². The van der Waals surface area contributed by atoms with Crippen LogP contribution in [0.3, 0.4) is 0 Å². The molecule has 1 atom stereocenters. The second-order valence-electron chi connectivity index (χ2n) is 6.01. The summed E-state index contributed by atoms with van der Waals surface area (Å²) >= 11 is 12.3. The lowest BCUT2D eigenvalue weighted by Crippen LogP contribution is -2.31. The third-order valence-corrected chi connectivity index (χ3v) is 4.36. The quantitative estimate of drug-likeness (QED) is 0.290. The number of benzene rings is 1. The van der Waals surface area contributed by atoms with Crippen LogP contribution >= 0.6 is 23.2 Å². The SMILES string of the molecule is CCCCCCC=CCCOC(C)(O)Cc1c(Cl)cccc1Cl. The number of hydrogen-bond donors (Lipinski definition) is 1. The molecule has 0 aromatic heterocycles. The van der Waals surface area contributed by atoms with E-state index in [1.165, 1.54) is 25.7 Å². The first-order valence-corrected chi connectivity index (χ1v) is 9.16. The molecule has 0 amide bonds. The largest absolute Gasteiger partial charge is 0.365 e. The van der Waals surface area contributed by atoms with Gasteiger partial charge in [-0.15, -0.1) is 0 Å². The first-order valence-electron chi connectivity index (χ1n) is 8.40. The summed E-state index contributed by atoms with van der Waals surface area (Å²) in [5.74, 6) is -1.27. The lowest BCUT2D eigenvalue weighted by atomic mass is 10.1. The molecule has 130 valence electrons. The summed E-state index contributed by atoms with van der Waals surface area (Å²) < 4.78 is 5.58. The van der Waals surface area contributed by atoms with Crippen molar-refractivity contribution >= 4 is 23.2 Å². The van der Waals surface area contributed by atoms with E-state index in [1.807, 2.05) is 0 Å². The highest BCUT2D eigenvalue weighted by molar-refractivity contribution is 6.36. The zero-order valence-electron chi connectivity index (χ0n) is 14.2. The maximum absolute atomic E-state index is 10.4. The second kappa shape index (κ2) is 11.1. The van der Waals surface area contributed by atoms with Crippen molar-refractivity contribution in [2.45, 2.75) is 64.6 Å². The Bertz CT molecular complexity index is 464. The Morgan fingerprint density at radius 2 is 1.74 bits per heavy atom. The van der Waals surface area contributed by atoms with Gasteiger partial charge in [-0.05, 0) is 43.9 Å². The summed E-state index contributed by atoms with van der Waals surface area (Å²) in [6.45, 7) is 4.33. The van der Waals surface area contributed by atoms with Gasteiger partial charge >= 0.3 is 0 Å². The molecule has 0 heterocycles. The summed E-state index contributed by atoms with van der Waals surface area (Å²) in [4.78, 5) is 0. The number of ether oxygens (including phenoxy) is 1. The Balaban J connectivity index is 2.29. The summed E-state index contributed by atoms with van der Waals surface area (Å²) in [7, 11) is 0. The van der Waals surface area contributed by atoms with E-state index in [-0.39, 0.29) is 6.42 Å². The van der Waals surface area contributed by atoms with Gasteiger partial charge in [0.2, 0.25) is 0 Å². The summed E-state index contributed by atoms with van der Waals surface area (Å²) in [6.07, 6.45) is 11.6. The minimum Gasteiger partial charge on any atom is -0.365 e. The fourth-order valence-corrected chi connectivity index (χ4v) is 2.88. The van der Waals surface area contributed by atoms with Gasteiger partial charge in [0, 0.05) is 16.5 Å². The predicted molar refractivity (Wildman–Crippen MR) is 99.3 cm³/mol. The molecule has 0 saturated carbocycles. The van der Waals surface area contributed by atoms with E-state index in [0.717, 1.165) is 12.8 Å². The number of hydrogen-bond acceptors (Lipinski definition) is 2. The van der Waals surface area contributed by atoms with E-state index >= 15 is 0 Å². The van der Waals surface area contributed by atoms with Crippen molar-refractivity contribution < 1.29 is 9.84 Å². The van der Waals surface area contributed by atoms with Gasteiger partial charge in [0.25, 0.3) is 0 Å². The molecule has 0 aliphatic rings. The highest BCUT2D eigenvalue weighted by atomic mass is 35.5. The zero-order valence-corrected chi connectivity index (χ0v) is 15.7. The van der Waals surface area contributed by atoms with Crippen LogP contribution in [-0.4, -0.2) is 17.5 Å². The van der Waals surface area contributed by atoms with Gasteiger partial charge in [0.15, 0.2) is 5.79 Å². The average Bonchev–Trinajstić information content (AvgIpc) is 2.49. The van der Waals surface area contributed by atoms with E-state index in [1.54, 1.807) is 25.1 Å². The molecule has 1 rings (SSSR count). The van der Waals surface area contributed by atoms with Crippen molar-refractivity contribution in [2.75, 3.05) is 6.61 Å². The standard InChI is InChI=1S/C19H28Cl2O2/c1-3-4-5-6-7-8-9-10-14-23-19(2,22)15-16-17(20)12-11-13-18(16)21/h8-9,11-13,22H,3-7,10,14-15H2,1-2H3. The Hall–Kier alpha value is -0.540. The molecule has 23 heavy (non-hydrogen) atoms. The van der Waals surface area contributed by atoms with Crippen LogP contribution in [0.2, 0.25) is 10.0 Å². The topological polar surface area (TPSA) is 29.5 Å². The Morgan fingerprint density at radius 3 is 2.39 bits per heavy atom. The average molecular weight is 359 g/mol. The molecule has 1 aromatic carbocycles. The van der Waals surface area contributed by atoms with E-state index in [4.69, 9.17) is 27.9 Å². The molecular weight excluding hydrogens is 331 g/mol. The number of rotatable bonds is 11. The summed E-state index contributed by atoms with van der Waals surface area (Å²) in [5, 5.41) is 11.5. The van der Waals surface area contributed by atoms with Crippen LogP contribution in [0.15, 0.2) is 30.4 Å². The third-order valence-electron chi connectivity index (χ3n) is 3.66. The predicted octanol–water partition coefficient (Wildman–Crippen LogP) is 6.18. The smallest absolute Gasteiger partial charge is 0.166 e.